The molecule has 0 aliphatic heterocycles. The maximum Gasteiger partial charge on any atom is 0.251 e. The number of nitroso groups, excluding NO2 is 1. The summed E-state index contributed by atoms with van der Waals surface area (Å²) in [5, 5.41) is 2.92. The molecule has 0 radical (unpaired) electrons. The Hall–Kier alpha value is -2.01. The summed E-state index contributed by atoms with van der Waals surface area (Å²) in [7, 11) is 0. The number of hydrogen-bond donors (Lipinski definition) is 1. The van der Waals surface area contributed by atoms with Crippen molar-refractivity contribution in [3.05, 3.63) is 57.7 Å². The van der Waals surface area contributed by atoms with Crippen LogP contribution in [0.3, 0.4) is 0 Å². The molecule has 0 spiro atoms. The van der Waals surface area contributed by atoms with E-state index in [0.717, 1.165) is 16.8 Å². The number of aryl methyl sites for hydroxylation is 2. The second kappa shape index (κ2) is 5.96. The molecule has 0 fully saturated rings. The van der Waals surface area contributed by atoms with Crippen LogP contribution in [-0.2, 0) is 17.6 Å². The summed E-state index contributed by atoms with van der Waals surface area (Å²) in [5.74, 6) is -0.176. The van der Waals surface area contributed by atoms with Crippen molar-refractivity contribution in [1.82, 2.24) is 0 Å². The fourth-order valence-electron chi connectivity index (χ4n) is 2.20. The minimum atomic E-state index is -0.176. The molecule has 0 atom stereocenters. The minimum Gasteiger partial charge on any atom is -0.364 e. The Bertz CT molecular complexity index is 613. The number of amides is 1. The van der Waals surface area contributed by atoms with Gasteiger partial charge in [0.05, 0.1) is 0 Å². The summed E-state index contributed by atoms with van der Waals surface area (Å²) >= 11 is 4.54. The summed E-state index contributed by atoms with van der Waals surface area (Å²) < 4.78 is 0.367. The van der Waals surface area contributed by atoms with Crippen molar-refractivity contribution in [2.45, 2.75) is 26.7 Å². The molecular weight excluding hydrogens is 272 g/mol. The smallest absolute Gasteiger partial charge is 0.251 e. The molecular formula is C15H16N2O2S. The second-order valence-electron chi connectivity index (χ2n) is 4.82. The molecule has 4 nitrogen and oxygen atoms in total. The van der Waals surface area contributed by atoms with Gasteiger partial charge in [-0.1, -0.05) is 22.4 Å². The Kier molecular flexibility index (Phi) is 4.29. The fraction of sp³-hybridized carbons (Fsp3) is 0.267. The number of carbonyl (C=O) groups is 1. The van der Waals surface area contributed by atoms with Crippen LogP contribution in [0.25, 0.3) is 0 Å². The number of anilines is 1. The van der Waals surface area contributed by atoms with Crippen molar-refractivity contribution >= 4 is 24.4 Å². The van der Waals surface area contributed by atoms with Crippen molar-refractivity contribution in [3.63, 3.8) is 0 Å². The number of benzene rings is 1. The molecule has 0 unspecified atom stereocenters. The molecule has 20 heavy (non-hydrogen) atoms. The molecule has 1 N–H and O–H groups in total. The van der Waals surface area contributed by atoms with E-state index in [1.165, 1.54) is 0 Å². The van der Waals surface area contributed by atoms with E-state index in [1.807, 2.05) is 32.0 Å². The monoisotopic (exact) mass is 288 g/mol. The molecule has 0 saturated heterocycles. The van der Waals surface area contributed by atoms with Gasteiger partial charge in [0.1, 0.15) is 0 Å². The molecule has 0 aromatic heterocycles. The van der Waals surface area contributed by atoms with Gasteiger partial charge in [-0.25, -0.2) is 0 Å². The number of nitrogens with one attached hydrogen (secondary N) is 1. The molecule has 0 heterocycles. The van der Waals surface area contributed by atoms with Crippen LogP contribution in [0.5, 0.6) is 0 Å². The van der Waals surface area contributed by atoms with E-state index in [4.69, 9.17) is 0 Å². The predicted molar refractivity (Wildman–Crippen MR) is 80.9 cm³/mol. The molecule has 1 aromatic rings. The topological polar surface area (TPSA) is 49.2 Å². The molecule has 1 aliphatic rings. The van der Waals surface area contributed by atoms with Crippen LogP contribution in [0.1, 0.15) is 24.0 Å². The zero-order valence-corrected chi connectivity index (χ0v) is 12.3. The Morgan fingerprint density at radius 1 is 1.30 bits per heavy atom. The summed E-state index contributed by atoms with van der Waals surface area (Å²) in [4.78, 5) is 23.4. The average molecular weight is 288 g/mol. The summed E-state index contributed by atoms with van der Waals surface area (Å²) in [6, 6.07) is 5.85. The molecule has 0 saturated carbocycles. The predicted octanol–water partition coefficient (Wildman–Crippen LogP) is 3.09. The fourth-order valence-corrected chi connectivity index (χ4v) is 2.32. The molecule has 1 amide bonds. The Balaban J connectivity index is 2.21. The van der Waals surface area contributed by atoms with E-state index in [2.05, 4.69) is 18.1 Å². The van der Waals surface area contributed by atoms with Crippen LogP contribution in [0.15, 0.2) is 41.6 Å². The van der Waals surface area contributed by atoms with Gasteiger partial charge in [-0.2, -0.15) is 0 Å². The maximum absolute atomic E-state index is 12.3. The van der Waals surface area contributed by atoms with E-state index in [9.17, 15) is 9.70 Å². The van der Waals surface area contributed by atoms with Crippen molar-refractivity contribution in [3.8, 4) is 0 Å². The number of rotatable bonds is 3. The molecule has 5 heteroatoms. The Morgan fingerprint density at radius 3 is 2.55 bits per heavy atom. The van der Waals surface area contributed by atoms with Gasteiger partial charge in [0.15, 0.2) is 0 Å². The van der Waals surface area contributed by atoms with Gasteiger partial charge in [0.25, 0.3) is 5.91 Å². The van der Waals surface area contributed by atoms with Gasteiger partial charge in [0, 0.05) is 22.2 Å². The molecule has 2 rings (SSSR count). The lowest BCUT2D eigenvalue weighted by Gasteiger charge is -2.14. The van der Waals surface area contributed by atoms with Gasteiger partial charge in [0.2, 0.25) is 5.70 Å². The number of para-hydroxylation sites is 1. The summed E-state index contributed by atoms with van der Waals surface area (Å²) in [6.07, 6.45) is 4.57. The van der Waals surface area contributed by atoms with Gasteiger partial charge in [-0.05, 0) is 43.9 Å². The highest BCUT2D eigenvalue weighted by Gasteiger charge is 2.18. The third-order valence-corrected chi connectivity index (χ3v) is 3.52. The Morgan fingerprint density at radius 2 is 1.95 bits per heavy atom. The highest BCUT2D eigenvalue weighted by molar-refractivity contribution is 7.51. The normalized spacial score (nSPS) is 14.3. The van der Waals surface area contributed by atoms with E-state index in [0.29, 0.717) is 28.3 Å². The summed E-state index contributed by atoms with van der Waals surface area (Å²) in [6.45, 7) is 3.90. The first-order chi connectivity index (χ1) is 9.49. The largest absolute Gasteiger partial charge is 0.364 e. The first-order valence-electron chi connectivity index (χ1n) is 6.41. The zero-order valence-electron chi connectivity index (χ0n) is 11.5. The SMILES string of the molecule is Cc1cccc(C)c1NC(=O)C1=CC([N+](=O)[S-])=CCC1. The van der Waals surface area contributed by atoms with E-state index >= 15 is 0 Å². The van der Waals surface area contributed by atoms with Crippen molar-refractivity contribution in [2.24, 2.45) is 0 Å². The van der Waals surface area contributed by atoms with Gasteiger partial charge >= 0.3 is 0 Å². The van der Waals surface area contributed by atoms with E-state index in [1.54, 1.807) is 12.2 Å². The van der Waals surface area contributed by atoms with Crippen LogP contribution >= 0.6 is 0 Å². The summed E-state index contributed by atoms with van der Waals surface area (Å²) in [5.41, 5.74) is 3.79. The second-order valence-corrected chi connectivity index (χ2v) is 5.15. The van der Waals surface area contributed by atoms with E-state index < -0.39 is 0 Å². The molecule has 1 aromatic carbocycles. The maximum atomic E-state index is 12.3. The zero-order chi connectivity index (χ0) is 14.7. The first-order valence-corrected chi connectivity index (χ1v) is 6.78. The van der Waals surface area contributed by atoms with Crippen molar-refractivity contribution in [2.75, 3.05) is 5.32 Å². The van der Waals surface area contributed by atoms with Crippen LogP contribution in [0, 0.1) is 18.8 Å². The third kappa shape index (κ3) is 3.11. The quantitative estimate of drug-likeness (QED) is 0.687. The minimum absolute atomic E-state index is 0.176. The lowest BCUT2D eigenvalue weighted by atomic mass is 10.0. The highest BCUT2D eigenvalue weighted by atomic mass is 32.1. The van der Waals surface area contributed by atoms with Crippen molar-refractivity contribution < 1.29 is 8.96 Å². The number of nitrogens with zero attached hydrogens (tertiary/aromatic N) is 1. The lowest BCUT2D eigenvalue weighted by molar-refractivity contribution is -0.301. The van der Waals surface area contributed by atoms with E-state index in [-0.39, 0.29) is 5.91 Å². The van der Waals surface area contributed by atoms with Gasteiger partial charge in [-0.15, -0.1) is 0 Å². The average Bonchev–Trinajstić information content (AvgIpc) is 2.43. The highest BCUT2D eigenvalue weighted by Crippen LogP contribution is 2.23. The van der Waals surface area contributed by atoms with Crippen LogP contribution < -0.4 is 5.32 Å². The van der Waals surface area contributed by atoms with Crippen LogP contribution in [-0.4, -0.2) is 10.1 Å². The van der Waals surface area contributed by atoms with Crippen molar-refractivity contribution in [1.29, 1.82) is 0 Å². The number of carbonyl (C=O) groups excluding carboxylic acids is 1. The molecule has 1 aliphatic carbocycles. The molecule has 104 valence electrons. The lowest BCUT2D eigenvalue weighted by Crippen LogP contribution is -2.18. The number of hydrogen-bond acceptors (Lipinski definition) is 3. The first kappa shape index (κ1) is 14.4. The van der Waals surface area contributed by atoms with Gasteiger partial charge in [-0.3, -0.25) is 4.79 Å². The van der Waals surface area contributed by atoms with Crippen LogP contribution in [0.2, 0.25) is 0 Å². The molecule has 0 bridgehead atoms. The Labute approximate surface area is 123 Å². The third-order valence-electron chi connectivity index (χ3n) is 3.31. The standard InChI is InChI=1S/C15H16N2O2S/c1-10-5-3-6-11(2)14(10)16-15(18)12-7-4-8-13(9-12)17(19)20/h3,5-6,8-9H,4,7H2,1-2H3,(H,16,18). The number of allylic oxidation sites excluding steroid dienone is 2. The van der Waals surface area contributed by atoms with Crippen LogP contribution in [0.4, 0.5) is 5.69 Å². The van der Waals surface area contributed by atoms with Gasteiger partial charge < -0.3 is 18.1 Å².